The van der Waals surface area contributed by atoms with Crippen LogP contribution < -0.4 is 10.8 Å². The molecule has 0 unspecified atom stereocenters. The van der Waals surface area contributed by atoms with Crippen LogP contribution in [0.5, 0.6) is 0 Å². The van der Waals surface area contributed by atoms with Gasteiger partial charge in [-0.05, 0) is 51.1 Å². The summed E-state index contributed by atoms with van der Waals surface area (Å²) < 4.78 is 5.32. The van der Waals surface area contributed by atoms with Gasteiger partial charge in [0.05, 0.1) is 5.54 Å². The van der Waals surface area contributed by atoms with Crippen LogP contribution in [0.3, 0.4) is 0 Å². The zero-order chi connectivity index (χ0) is 15.7. The largest absolute Gasteiger partial charge is 0.488 e. The molecule has 0 aromatic heterocycles. The van der Waals surface area contributed by atoms with E-state index < -0.39 is 24.4 Å². The van der Waals surface area contributed by atoms with E-state index in [0.29, 0.717) is 5.46 Å². The Morgan fingerprint density at radius 2 is 1.81 bits per heavy atom. The lowest BCUT2D eigenvalue weighted by Crippen LogP contribution is -2.52. The van der Waals surface area contributed by atoms with E-state index in [1.165, 1.54) is 0 Å². The molecular weight excluding hydrogens is 269 g/mol. The monoisotopic (exact) mass is 291 g/mol. The van der Waals surface area contributed by atoms with Gasteiger partial charge in [-0.15, -0.1) is 0 Å². The van der Waals surface area contributed by atoms with Gasteiger partial charge in [0, 0.05) is 0 Å². The molecule has 1 saturated carbocycles. The summed E-state index contributed by atoms with van der Waals surface area (Å²) in [7, 11) is -1.48. The first kappa shape index (κ1) is 15.9. The van der Waals surface area contributed by atoms with Crippen LogP contribution >= 0.6 is 0 Å². The first-order valence-corrected chi connectivity index (χ1v) is 7.20. The fourth-order valence-corrected chi connectivity index (χ4v) is 2.49. The lowest BCUT2D eigenvalue weighted by molar-refractivity contribution is 0.0377. The smallest absolute Gasteiger partial charge is 0.444 e. The maximum atomic E-state index is 12.0. The third kappa shape index (κ3) is 3.77. The summed E-state index contributed by atoms with van der Waals surface area (Å²) in [6.07, 6.45) is 2.33. The Morgan fingerprint density at radius 1 is 1.24 bits per heavy atom. The molecule has 3 N–H and O–H groups in total. The van der Waals surface area contributed by atoms with Crippen molar-refractivity contribution in [1.82, 2.24) is 5.32 Å². The van der Waals surface area contributed by atoms with Crippen molar-refractivity contribution < 1.29 is 19.6 Å². The van der Waals surface area contributed by atoms with Gasteiger partial charge in [-0.25, -0.2) is 4.79 Å². The summed E-state index contributed by atoms with van der Waals surface area (Å²) in [5.41, 5.74) is 0.468. The quantitative estimate of drug-likeness (QED) is 0.733. The Bertz CT molecular complexity index is 503. The van der Waals surface area contributed by atoms with Crippen molar-refractivity contribution in [2.75, 3.05) is 0 Å². The van der Waals surface area contributed by atoms with Crippen LogP contribution in [-0.2, 0) is 10.3 Å². The number of rotatable bonds is 3. The van der Waals surface area contributed by atoms with Gasteiger partial charge < -0.3 is 20.1 Å². The molecule has 0 spiro atoms. The minimum absolute atomic E-state index is 0.402. The third-order valence-electron chi connectivity index (χ3n) is 3.71. The molecule has 0 atom stereocenters. The zero-order valence-electron chi connectivity index (χ0n) is 12.7. The van der Waals surface area contributed by atoms with Gasteiger partial charge in [0.1, 0.15) is 5.60 Å². The van der Waals surface area contributed by atoms with Crippen LogP contribution in [0.4, 0.5) is 4.79 Å². The Balaban J connectivity index is 2.12. The van der Waals surface area contributed by atoms with E-state index in [9.17, 15) is 4.79 Å². The van der Waals surface area contributed by atoms with Crippen molar-refractivity contribution in [3.63, 3.8) is 0 Å². The molecule has 1 aliphatic rings. The molecule has 0 bridgehead atoms. The minimum atomic E-state index is -1.48. The van der Waals surface area contributed by atoms with E-state index >= 15 is 0 Å². The number of amides is 1. The van der Waals surface area contributed by atoms with Crippen molar-refractivity contribution >= 4 is 18.7 Å². The Labute approximate surface area is 125 Å². The second kappa shape index (κ2) is 5.69. The number of carbonyl (C=O) groups excluding carboxylic acids is 1. The minimum Gasteiger partial charge on any atom is -0.444 e. The topological polar surface area (TPSA) is 78.8 Å². The van der Waals surface area contributed by atoms with Crippen molar-refractivity contribution in [2.24, 2.45) is 0 Å². The van der Waals surface area contributed by atoms with Crippen LogP contribution in [0.1, 0.15) is 45.6 Å². The molecule has 114 valence electrons. The average Bonchev–Trinajstić information content (AvgIpc) is 2.32. The van der Waals surface area contributed by atoms with Gasteiger partial charge in [0.25, 0.3) is 0 Å². The molecular formula is C15H22BNO4. The number of ether oxygens (including phenoxy) is 1. The van der Waals surface area contributed by atoms with Gasteiger partial charge in [0.15, 0.2) is 0 Å². The first-order valence-electron chi connectivity index (χ1n) is 7.20. The van der Waals surface area contributed by atoms with E-state index in [4.69, 9.17) is 14.8 Å². The van der Waals surface area contributed by atoms with Crippen LogP contribution in [0.15, 0.2) is 24.3 Å². The molecule has 1 aromatic carbocycles. The summed E-state index contributed by atoms with van der Waals surface area (Å²) in [6.45, 7) is 5.49. The van der Waals surface area contributed by atoms with E-state index in [-0.39, 0.29) is 0 Å². The molecule has 1 aromatic rings. The second-order valence-corrected chi connectivity index (χ2v) is 6.56. The van der Waals surface area contributed by atoms with Crippen molar-refractivity contribution in [3.05, 3.63) is 29.8 Å². The van der Waals surface area contributed by atoms with Gasteiger partial charge >= 0.3 is 13.2 Å². The summed E-state index contributed by atoms with van der Waals surface area (Å²) >= 11 is 0. The van der Waals surface area contributed by atoms with E-state index in [1.807, 2.05) is 32.9 Å². The maximum absolute atomic E-state index is 12.0. The van der Waals surface area contributed by atoms with E-state index in [0.717, 1.165) is 24.8 Å². The Kier molecular flexibility index (Phi) is 4.30. The van der Waals surface area contributed by atoms with Crippen molar-refractivity contribution in [1.29, 1.82) is 0 Å². The highest BCUT2D eigenvalue weighted by atomic mass is 16.6. The molecule has 0 saturated heterocycles. The van der Waals surface area contributed by atoms with Crippen molar-refractivity contribution in [2.45, 2.75) is 51.2 Å². The van der Waals surface area contributed by atoms with Gasteiger partial charge in [-0.1, -0.05) is 24.3 Å². The average molecular weight is 291 g/mol. The molecule has 5 nitrogen and oxygen atoms in total. The highest BCUT2D eigenvalue weighted by molar-refractivity contribution is 6.58. The predicted molar refractivity (Wildman–Crippen MR) is 81.2 cm³/mol. The van der Waals surface area contributed by atoms with Crippen LogP contribution in [0.2, 0.25) is 0 Å². The SMILES string of the molecule is CC(C)(C)OC(=O)NC1(c2ccc(B(O)O)cc2)CCC1. The molecule has 1 aliphatic carbocycles. The highest BCUT2D eigenvalue weighted by Crippen LogP contribution is 2.41. The lowest BCUT2D eigenvalue weighted by atomic mass is 9.70. The van der Waals surface area contributed by atoms with E-state index in [2.05, 4.69) is 5.32 Å². The molecule has 0 aliphatic heterocycles. The standard InChI is InChI=1S/C15H22BNO4/c1-14(2,3)21-13(18)17-15(9-4-10-15)11-5-7-12(8-6-11)16(19)20/h5-8,19-20H,4,9-10H2,1-3H3,(H,17,18). The van der Waals surface area contributed by atoms with Crippen LogP contribution in [0, 0.1) is 0 Å². The fourth-order valence-electron chi connectivity index (χ4n) is 2.49. The summed E-state index contributed by atoms with van der Waals surface area (Å²) in [4.78, 5) is 12.0. The Morgan fingerprint density at radius 3 is 2.19 bits per heavy atom. The molecule has 0 radical (unpaired) electrons. The zero-order valence-corrected chi connectivity index (χ0v) is 12.7. The lowest BCUT2D eigenvalue weighted by Gasteiger charge is -2.43. The summed E-state index contributed by atoms with van der Waals surface area (Å²) in [5, 5.41) is 21.2. The number of benzene rings is 1. The number of carbonyl (C=O) groups is 1. The molecule has 1 fully saturated rings. The fraction of sp³-hybridized carbons (Fsp3) is 0.533. The summed E-state index contributed by atoms with van der Waals surface area (Å²) in [5.74, 6) is 0. The van der Waals surface area contributed by atoms with Gasteiger partial charge in [-0.3, -0.25) is 0 Å². The normalized spacial score (nSPS) is 16.8. The summed E-state index contributed by atoms with van der Waals surface area (Å²) in [6, 6.07) is 6.98. The van der Waals surface area contributed by atoms with Crippen LogP contribution in [0.25, 0.3) is 0 Å². The maximum Gasteiger partial charge on any atom is 0.488 e. The predicted octanol–water partition coefficient (Wildman–Crippen LogP) is 1.27. The van der Waals surface area contributed by atoms with E-state index in [1.54, 1.807) is 12.1 Å². The Hall–Kier alpha value is -1.53. The highest BCUT2D eigenvalue weighted by Gasteiger charge is 2.41. The first-order chi connectivity index (χ1) is 9.72. The van der Waals surface area contributed by atoms with Crippen molar-refractivity contribution in [3.8, 4) is 0 Å². The number of alkyl carbamates (subject to hydrolysis) is 1. The van der Waals surface area contributed by atoms with Crippen LogP contribution in [-0.4, -0.2) is 28.9 Å². The third-order valence-corrected chi connectivity index (χ3v) is 3.71. The van der Waals surface area contributed by atoms with Gasteiger partial charge in [-0.2, -0.15) is 0 Å². The molecule has 0 heterocycles. The number of hydrogen-bond donors (Lipinski definition) is 3. The second-order valence-electron chi connectivity index (χ2n) is 6.56. The molecule has 1 amide bonds. The number of hydrogen-bond acceptors (Lipinski definition) is 4. The van der Waals surface area contributed by atoms with Gasteiger partial charge in [0.2, 0.25) is 0 Å². The number of nitrogens with one attached hydrogen (secondary N) is 1. The molecule has 6 heteroatoms. The molecule has 2 rings (SSSR count). The molecule has 21 heavy (non-hydrogen) atoms.